The molecule has 1 aliphatic rings. The molecular weight excluding hydrogens is 464 g/mol. The molecule has 0 spiro atoms. The first-order valence-corrected chi connectivity index (χ1v) is 11.6. The highest BCUT2D eigenvalue weighted by molar-refractivity contribution is 7.89. The van der Waals surface area contributed by atoms with Gasteiger partial charge in [-0.3, -0.25) is 4.79 Å². The number of carboxylic acid groups (broad SMARTS) is 1. The van der Waals surface area contributed by atoms with Crippen molar-refractivity contribution in [2.75, 3.05) is 6.54 Å². The van der Waals surface area contributed by atoms with E-state index in [0.29, 0.717) is 26.5 Å². The van der Waals surface area contributed by atoms with Gasteiger partial charge in [0.25, 0.3) is 0 Å². The lowest BCUT2D eigenvalue weighted by atomic mass is 10.00. The van der Waals surface area contributed by atoms with Crippen LogP contribution < -0.4 is 0 Å². The van der Waals surface area contributed by atoms with Gasteiger partial charge < -0.3 is 9.67 Å². The molecule has 0 saturated heterocycles. The number of nitrogens with zero attached hydrogens (tertiary/aromatic N) is 2. The van der Waals surface area contributed by atoms with E-state index in [1.165, 1.54) is 0 Å². The molecule has 1 atom stereocenters. The van der Waals surface area contributed by atoms with Crippen LogP contribution in [-0.4, -0.2) is 47.1 Å². The Kier molecular flexibility index (Phi) is 5.95. The molecule has 0 saturated carbocycles. The number of aromatic nitrogens is 1. The van der Waals surface area contributed by atoms with Crippen molar-refractivity contribution in [3.63, 3.8) is 0 Å². The molecule has 1 aromatic heterocycles. The molecule has 1 N–H and O–H groups in total. The summed E-state index contributed by atoms with van der Waals surface area (Å²) in [4.78, 5) is 11.0. The summed E-state index contributed by atoms with van der Waals surface area (Å²) in [5.74, 6) is -1.74. The summed E-state index contributed by atoms with van der Waals surface area (Å²) >= 11 is 0. The van der Waals surface area contributed by atoms with Crippen molar-refractivity contribution in [1.82, 2.24) is 8.87 Å². The third-order valence-corrected chi connectivity index (χ3v) is 7.71. The number of sulfonamides is 1. The number of para-hydroxylation sites is 1. The van der Waals surface area contributed by atoms with Crippen LogP contribution in [0.1, 0.15) is 17.7 Å². The largest absolute Gasteiger partial charge is 0.481 e. The molecule has 3 aromatic rings. The second kappa shape index (κ2) is 8.45. The van der Waals surface area contributed by atoms with Gasteiger partial charge in [0.15, 0.2) is 0 Å². The van der Waals surface area contributed by atoms with E-state index in [1.807, 2.05) is 0 Å². The van der Waals surface area contributed by atoms with Gasteiger partial charge in [-0.15, -0.1) is 0 Å². The predicted molar refractivity (Wildman–Crippen MR) is 112 cm³/mol. The molecule has 0 fully saturated rings. The molecule has 0 radical (unpaired) electrons. The molecule has 2 aromatic carbocycles. The van der Waals surface area contributed by atoms with Crippen molar-refractivity contribution in [3.8, 4) is 0 Å². The fourth-order valence-corrected chi connectivity index (χ4v) is 6.07. The van der Waals surface area contributed by atoms with E-state index in [2.05, 4.69) is 0 Å². The maximum atomic E-state index is 13.4. The minimum atomic E-state index is -4.79. The Hall–Kier alpha value is -2.92. The molecular formula is C22H20F4N2O4S. The summed E-state index contributed by atoms with van der Waals surface area (Å²) in [7, 11) is -4.58. The number of alkyl halides is 3. The minimum absolute atomic E-state index is 0.0635. The number of carboxylic acids is 1. The molecule has 1 aliphatic heterocycles. The van der Waals surface area contributed by atoms with E-state index in [0.717, 1.165) is 24.3 Å². The summed E-state index contributed by atoms with van der Waals surface area (Å²) in [5.41, 5.74) is 1.90. The van der Waals surface area contributed by atoms with Crippen molar-refractivity contribution >= 4 is 26.9 Å². The molecule has 2 heterocycles. The van der Waals surface area contributed by atoms with Crippen LogP contribution in [0.3, 0.4) is 0 Å². The van der Waals surface area contributed by atoms with Crippen molar-refractivity contribution < 1.29 is 35.9 Å². The van der Waals surface area contributed by atoms with E-state index in [4.69, 9.17) is 0 Å². The normalized spacial score (nSPS) is 16.8. The highest BCUT2D eigenvalue weighted by Gasteiger charge is 2.42. The molecule has 11 heteroatoms. The molecule has 6 nitrogen and oxygen atoms in total. The topological polar surface area (TPSA) is 79.6 Å². The fraction of sp³-hybridized carbons (Fsp3) is 0.318. The number of benzene rings is 2. The first kappa shape index (κ1) is 23.2. The smallest absolute Gasteiger partial charge is 0.402 e. The number of carbonyl (C=O) groups is 1. The molecule has 4 rings (SSSR count). The average Bonchev–Trinajstić information content (AvgIpc) is 3.04. The van der Waals surface area contributed by atoms with E-state index in [9.17, 15) is 35.9 Å². The number of rotatable bonds is 6. The van der Waals surface area contributed by atoms with Crippen LogP contribution in [0.5, 0.6) is 0 Å². The number of hydrogen-bond acceptors (Lipinski definition) is 3. The highest BCUT2D eigenvalue weighted by Crippen LogP contribution is 2.35. The van der Waals surface area contributed by atoms with Crippen LogP contribution in [-0.2, 0) is 34.2 Å². The Morgan fingerprint density at radius 3 is 2.42 bits per heavy atom. The summed E-state index contributed by atoms with van der Waals surface area (Å²) in [6, 6.07) is 9.58. The van der Waals surface area contributed by atoms with E-state index in [1.54, 1.807) is 28.8 Å². The van der Waals surface area contributed by atoms with Gasteiger partial charge in [0, 0.05) is 29.2 Å². The third-order valence-electron chi connectivity index (χ3n) is 5.79. The van der Waals surface area contributed by atoms with Crippen LogP contribution in [0.15, 0.2) is 53.4 Å². The van der Waals surface area contributed by atoms with Crippen LogP contribution in [0.2, 0.25) is 0 Å². The van der Waals surface area contributed by atoms with Gasteiger partial charge in [-0.1, -0.05) is 18.2 Å². The number of hydrogen-bond donors (Lipinski definition) is 1. The second-order valence-electron chi connectivity index (χ2n) is 7.94. The van der Waals surface area contributed by atoms with Gasteiger partial charge in [0.1, 0.15) is 12.4 Å². The molecule has 0 bridgehead atoms. The van der Waals surface area contributed by atoms with Gasteiger partial charge >= 0.3 is 12.1 Å². The summed E-state index contributed by atoms with van der Waals surface area (Å²) in [6.07, 6.45) is -4.73. The standard InChI is InChI=1S/C22H20F4N2O4S/c23-14-5-8-16(9-6-14)33(31,32)28(13-22(24,25)26)15-7-10-20-18(11-21(29)30)17-3-1-2-4-19(17)27(20)12-15/h1-6,8-9,15H,7,10-13H2,(H,29,30)/t15-/m1/s1. The summed E-state index contributed by atoms with van der Waals surface area (Å²) < 4.78 is 82.0. The first-order chi connectivity index (χ1) is 15.5. The van der Waals surface area contributed by atoms with E-state index in [-0.39, 0.29) is 25.8 Å². The third kappa shape index (κ3) is 4.60. The maximum Gasteiger partial charge on any atom is 0.402 e. The molecule has 33 heavy (non-hydrogen) atoms. The van der Waals surface area contributed by atoms with Crippen LogP contribution in [0.4, 0.5) is 17.6 Å². The zero-order valence-electron chi connectivity index (χ0n) is 17.2. The summed E-state index contributed by atoms with van der Waals surface area (Å²) in [5, 5.41) is 10.00. The van der Waals surface area contributed by atoms with Crippen LogP contribution in [0, 0.1) is 5.82 Å². The monoisotopic (exact) mass is 484 g/mol. The minimum Gasteiger partial charge on any atom is -0.481 e. The lowest BCUT2D eigenvalue weighted by Crippen LogP contribution is -2.49. The SMILES string of the molecule is O=C(O)Cc1c2n(c3ccccc13)C[C@H](N(CC(F)(F)F)S(=O)(=O)c1ccc(F)cc1)CC2. The Bertz CT molecular complexity index is 1300. The van der Waals surface area contributed by atoms with Crippen LogP contribution >= 0.6 is 0 Å². The van der Waals surface area contributed by atoms with Crippen molar-refractivity contribution in [2.24, 2.45) is 0 Å². The first-order valence-electron chi connectivity index (χ1n) is 10.1. The van der Waals surface area contributed by atoms with Gasteiger partial charge in [0.05, 0.1) is 11.3 Å². The molecule has 0 aliphatic carbocycles. The maximum absolute atomic E-state index is 13.4. The lowest BCUT2D eigenvalue weighted by molar-refractivity contribution is -0.140. The van der Waals surface area contributed by atoms with Gasteiger partial charge in [0.2, 0.25) is 10.0 Å². The fourth-order valence-electron chi connectivity index (χ4n) is 4.44. The number of aliphatic carboxylic acids is 1. The molecule has 176 valence electrons. The van der Waals surface area contributed by atoms with Crippen molar-refractivity contribution in [1.29, 1.82) is 0 Å². The van der Waals surface area contributed by atoms with E-state index >= 15 is 0 Å². The van der Waals surface area contributed by atoms with Crippen molar-refractivity contribution in [2.45, 2.75) is 42.9 Å². The van der Waals surface area contributed by atoms with Gasteiger partial charge in [-0.25, -0.2) is 12.8 Å². The average molecular weight is 484 g/mol. The zero-order valence-corrected chi connectivity index (χ0v) is 18.0. The van der Waals surface area contributed by atoms with Gasteiger partial charge in [-0.2, -0.15) is 17.5 Å². The lowest BCUT2D eigenvalue weighted by Gasteiger charge is -2.35. The quantitative estimate of drug-likeness (QED) is 0.537. The Balaban J connectivity index is 1.77. The van der Waals surface area contributed by atoms with Crippen LogP contribution in [0.25, 0.3) is 10.9 Å². The number of fused-ring (bicyclic) bond motifs is 3. The highest BCUT2D eigenvalue weighted by atomic mass is 32.2. The predicted octanol–water partition coefficient (Wildman–Crippen LogP) is 3.98. The number of halogens is 4. The Morgan fingerprint density at radius 2 is 1.79 bits per heavy atom. The summed E-state index contributed by atoms with van der Waals surface area (Å²) in [6.45, 7) is -1.75. The van der Waals surface area contributed by atoms with Gasteiger partial charge in [-0.05, 0) is 48.7 Å². The Morgan fingerprint density at radius 1 is 1.12 bits per heavy atom. The van der Waals surface area contributed by atoms with E-state index < -0.39 is 45.5 Å². The zero-order chi connectivity index (χ0) is 24.0. The van der Waals surface area contributed by atoms with Crippen molar-refractivity contribution in [3.05, 3.63) is 65.6 Å². The Labute approximate surface area is 187 Å². The molecule has 0 unspecified atom stereocenters. The second-order valence-corrected chi connectivity index (χ2v) is 9.83. The molecule has 0 amide bonds.